The van der Waals surface area contributed by atoms with Crippen LogP contribution in [0.2, 0.25) is 0 Å². The third kappa shape index (κ3) is 6.55. The average Bonchev–Trinajstić information content (AvgIpc) is 3.81. The molecular formula is C41H43N3O8. The molecule has 8 atom stereocenters. The van der Waals surface area contributed by atoms with Crippen LogP contribution in [0.4, 0.5) is 0 Å². The molecule has 270 valence electrons. The average molecular weight is 706 g/mol. The second-order valence-corrected chi connectivity index (χ2v) is 13.7. The van der Waals surface area contributed by atoms with Crippen molar-refractivity contribution in [3.8, 4) is 0 Å². The van der Waals surface area contributed by atoms with Gasteiger partial charge in [-0.1, -0.05) is 115 Å². The maximum Gasteiger partial charge on any atom is 0.313 e. The molecular weight excluding hydrogens is 662 g/mol. The number of methoxy groups -OCH3 is 1. The van der Waals surface area contributed by atoms with Crippen molar-refractivity contribution in [2.45, 2.75) is 55.3 Å². The SMILES string of the molecule is COC[C@H]1NC(=O)CC/C=C\CN(Cc2ccccc2)C(=O)[C@@H]2N([C@H](CO)c3ccccc3)C(=O)[C@H]3[C@H](C(=O)O[C@@H]1c1ccccc1)[C@@H]1C=C[C@]23O1. The Kier molecular flexibility index (Phi) is 10.4. The van der Waals surface area contributed by atoms with Crippen molar-refractivity contribution in [2.75, 3.05) is 26.9 Å². The van der Waals surface area contributed by atoms with Gasteiger partial charge in [0, 0.05) is 26.6 Å². The number of ether oxygens (including phenoxy) is 3. The summed E-state index contributed by atoms with van der Waals surface area (Å²) >= 11 is 0. The summed E-state index contributed by atoms with van der Waals surface area (Å²) in [6.45, 7) is 0.0106. The van der Waals surface area contributed by atoms with Crippen LogP contribution in [0.15, 0.2) is 115 Å². The quantitative estimate of drug-likeness (QED) is 0.268. The minimum Gasteiger partial charge on any atom is -0.455 e. The number of aliphatic hydroxyl groups excluding tert-OH is 1. The van der Waals surface area contributed by atoms with Gasteiger partial charge >= 0.3 is 5.97 Å². The van der Waals surface area contributed by atoms with Gasteiger partial charge in [-0.3, -0.25) is 19.2 Å². The predicted octanol–water partition coefficient (Wildman–Crippen LogP) is 3.67. The van der Waals surface area contributed by atoms with E-state index in [-0.39, 0.29) is 37.9 Å². The molecule has 4 heterocycles. The predicted molar refractivity (Wildman–Crippen MR) is 190 cm³/mol. The van der Waals surface area contributed by atoms with E-state index in [9.17, 15) is 19.5 Å². The van der Waals surface area contributed by atoms with Gasteiger partial charge in [0.1, 0.15) is 23.7 Å². The van der Waals surface area contributed by atoms with Gasteiger partial charge in [0.05, 0.1) is 37.3 Å². The molecule has 3 aromatic rings. The third-order valence-corrected chi connectivity index (χ3v) is 10.5. The highest BCUT2D eigenvalue weighted by atomic mass is 16.6. The van der Waals surface area contributed by atoms with E-state index in [1.807, 2.05) is 78.9 Å². The van der Waals surface area contributed by atoms with Crippen LogP contribution in [0.1, 0.15) is 41.7 Å². The van der Waals surface area contributed by atoms with Crippen LogP contribution in [0.25, 0.3) is 0 Å². The topological polar surface area (TPSA) is 135 Å². The minimum atomic E-state index is -1.50. The number of hydrogen-bond donors (Lipinski definition) is 2. The second kappa shape index (κ2) is 15.2. The summed E-state index contributed by atoms with van der Waals surface area (Å²) in [4.78, 5) is 61.0. The number of benzene rings is 3. The van der Waals surface area contributed by atoms with Crippen LogP contribution in [0, 0.1) is 11.8 Å². The number of likely N-dealkylation sites (tertiary alicyclic amines) is 1. The van der Waals surface area contributed by atoms with E-state index in [1.165, 1.54) is 12.0 Å². The lowest BCUT2D eigenvalue weighted by molar-refractivity contribution is -0.163. The zero-order valence-corrected chi connectivity index (χ0v) is 29.0. The lowest BCUT2D eigenvalue weighted by atomic mass is 9.74. The first-order chi connectivity index (χ1) is 25.4. The number of allylic oxidation sites excluding steroid dienone is 1. The Morgan fingerprint density at radius 3 is 2.31 bits per heavy atom. The van der Waals surface area contributed by atoms with E-state index in [1.54, 1.807) is 41.3 Å². The molecule has 0 aromatic heterocycles. The van der Waals surface area contributed by atoms with Crippen molar-refractivity contribution in [1.82, 2.24) is 15.1 Å². The van der Waals surface area contributed by atoms with Gasteiger partial charge in [0.2, 0.25) is 17.7 Å². The van der Waals surface area contributed by atoms with E-state index in [0.29, 0.717) is 17.5 Å². The van der Waals surface area contributed by atoms with Crippen LogP contribution in [0.5, 0.6) is 0 Å². The van der Waals surface area contributed by atoms with Gasteiger partial charge in [0.25, 0.3) is 0 Å². The number of cyclic esters (lactones) is 1. The zero-order chi connectivity index (χ0) is 36.2. The van der Waals surface area contributed by atoms with Gasteiger partial charge in [-0.2, -0.15) is 0 Å². The Morgan fingerprint density at radius 1 is 0.923 bits per heavy atom. The molecule has 3 amide bonds. The zero-order valence-electron chi connectivity index (χ0n) is 29.0. The van der Waals surface area contributed by atoms with Gasteiger partial charge in [0.15, 0.2) is 0 Å². The van der Waals surface area contributed by atoms with Crippen molar-refractivity contribution < 1.29 is 38.5 Å². The first kappa shape index (κ1) is 35.3. The molecule has 52 heavy (non-hydrogen) atoms. The highest BCUT2D eigenvalue weighted by molar-refractivity contribution is 5.99. The molecule has 0 unspecified atom stereocenters. The van der Waals surface area contributed by atoms with Gasteiger partial charge < -0.3 is 34.4 Å². The summed E-state index contributed by atoms with van der Waals surface area (Å²) in [5.74, 6) is -4.03. The van der Waals surface area contributed by atoms with E-state index in [4.69, 9.17) is 14.2 Å². The van der Waals surface area contributed by atoms with E-state index in [0.717, 1.165) is 5.56 Å². The van der Waals surface area contributed by atoms with Gasteiger partial charge in [-0.15, -0.1) is 0 Å². The molecule has 2 saturated heterocycles. The summed E-state index contributed by atoms with van der Waals surface area (Å²) in [6.07, 6.45) is 5.95. The molecule has 0 aliphatic carbocycles. The Balaban J connectivity index is 1.35. The third-order valence-electron chi connectivity index (χ3n) is 10.5. The maximum absolute atomic E-state index is 15.1. The van der Waals surface area contributed by atoms with E-state index in [2.05, 4.69) is 5.32 Å². The van der Waals surface area contributed by atoms with Crippen molar-refractivity contribution in [3.63, 3.8) is 0 Å². The summed E-state index contributed by atoms with van der Waals surface area (Å²) in [5, 5.41) is 13.9. The fraction of sp³-hybridized carbons (Fsp3) is 0.366. The normalized spacial score (nSPS) is 30.2. The molecule has 11 nitrogen and oxygen atoms in total. The number of nitrogens with one attached hydrogen (secondary N) is 1. The molecule has 2 N–H and O–H groups in total. The lowest BCUT2D eigenvalue weighted by Crippen LogP contribution is -2.56. The van der Waals surface area contributed by atoms with Crippen LogP contribution < -0.4 is 5.32 Å². The van der Waals surface area contributed by atoms with Crippen molar-refractivity contribution >= 4 is 23.7 Å². The molecule has 3 aromatic carbocycles. The second-order valence-electron chi connectivity index (χ2n) is 13.7. The Hall–Kier alpha value is -5.10. The number of carbonyl (C=O) groups is 4. The number of amides is 3. The van der Waals surface area contributed by atoms with Crippen molar-refractivity contribution in [1.29, 1.82) is 0 Å². The molecule has 0 saturated carbocycles. The summed E-state index contributed by atoms with van der Waals surface area (Å²) in [6, 6.07) is 24.8. The van der Waals surface area contributed by atoms with E-state index >= 15 is 4.79 Å². The molecule has 11 heteroatoms. The number of hydrogen-bond acceptors (Lipinski definition) is 8. The van der Waals surface area contributed by atoms with Crippen molar-refractivity contribution in [2.24, 2.45) is 11.8 Å². The Labute approximate surface area is 302 Å². The fourth-order valence-electron chi connectivity index (χ4n) is 8.16. The molecule has 4 aliphatic heterocycles. The molecule has 2 fully saturated rings. The standard InChI is InChI=1S/C41H43N3O8/c1-50-26-30-36(29-18-10-4-11-19-29)51-40(49)34-32-21-22-41(52-32)35(34)38(47)44(31(25-45)28-16-8-3-9-17-28)37(41)39(48)43(24-27-14-6-2-7-15-27)23-13-5-12-20-33(46)42-30/h2-11,13-19,21-22,30-32,34-37,45H,12,20,23-26H2,1H3,(H,42,46)/b13-5-/t30-,31-,32+,34-,35-,36-,37+,41-/m1/s1. The molecule has 5 bridgehead atoms. The smallest absolute Gasteiger partial charge is 0.313 e. The summed E-state index contributed by atoms with van der Waals surface area (Å²) < 4.78 is 18.5. The monoisotopic (exact) mass is 705 g/mol. The first-order valence-electron chi connectivity index (χ1n) is 17.7. The highest BCUT2D eigenvalue weighted by Gasteiger charge is 2.74. The largest absolute Gasteiger partial charge is 0.455 e. The highest BCUT2D eigenvalue weighted by Crippen LogP contribution is 2.57. The first-order valence-corrected chi connectivity index (χ1v) is 17.7. The summed E-state index contributed by atoms with van der Waals surface area (Å²) in [7, 11) is 1.51. The number of nitrogens with zero attached hydrogens (tertiary/aromatic N) is 2. The number of aliphatic hydroxyl groups is 1. The van der Waals surface area contributed by atoms with Gasteiger partial charge in [-0.05, 0) is 23.1 Å². The number of fused-ring (bicyclic) bond motifs is 2. The number of rotatable bonds is 8. The Morgan fingerprint density at radius 2 is 1.62 bits per heavy atom. The summed E-state index contributed by atoms with van der Waals surface area (Å²) in [5.41, 5.74) is 0.661. The molecule has 7 rings (SSSR count). The molecule has 1 spiro atoms. The van der Waals surface area contributed by atoms with Crippen LogP contribution >= 0.6 is 0 Å². The van der Waals surface area contributed by atoms with Crippen LogP contribution in [-0.4, -0.2) is 89.3 Å². The maximum atomic E-state index is 15.1. The molecule has 0 radical (unpaired) electrons. The van der Waals surface area contributed by atoms with Crippen LogP contribution in [0.3, 0.4) is 0 Å². The van der Waals surface area contributed by atoms with Crippen LogP contribution in [-0.2, 0) is 39.9 Å². The van der Waals surface area contributed by atoms with E-state index < -0.39 is 66.3 Å². The number of carbonyl (C=O) groups excluding carboxylic acids is 4. The number of esters is 1. The van der Waals surface area contributed by atoms with Crippen molar-refractivity contribution in [3.05, 3.63) is 132 Å². The Bertz CT molecular complexity index is 1820. The molecule has 4 aliphatic rings. The van der Waals surface area contributed by atoms with Gasteiger partial charge in [-0.25, -0.2) is 0 Å². The fourth-order valence-corrected chi connectivity index (χ4v) is 8.16. The minimum absolute atomic E-state index is 0.0548. The lowest BCUT2D eigenvalue weighted by Gasteiger charge is -2.39.